The second-order valence-electron chi connectivity index (χ2n) is 6.61. The average Bonchev–Trinajstić information content (AvgIpc) is 3.15. The zero-order valence-electron chi connectivity index (χ0n) is 17.8. The number of nitrogens with zero attached hydrogens (tertiary/aromatic N) is 3. The van der Waals surface area contributed by atoms with Gasteiger partial charge in [0.15, 0.2) is 11.3 Å². The quantitative estimate of drug-likeness (QED) is 0.419. The third-order valence-corrected chi connectivity index (χ3v) is 5.05. The fraction of sp³-hybridized carbons (Fsp3) is 0.273. The molecular weight excluding hydrogens is 416 g/mol. The standard InChI is InChI=1S/C22H24N4O4S/c1-5-29-19-12-8-17(9-13-19)23-20(27)14(2)30-21(28)16-6-10-18(11-7-16)26-15(3)24-25-22(26)31-4/h6-14H,5H2,1-4H3,(H,23,27). The zero-order chi connectivity index (χ0) is 22.4. The van der Waals surface area contributed by atoms with E-state index in [4.69, 9.17) is 9.47 Å². The molecule has 3 aromatic rings. The maximum atomic E-state index is 12.5. The Labute approximate surface area is 185 Å². The van der Waals surface area contributed by atoms with Crippen LogP contribution < -0.4 is 10.1 Å². The number of thioether (sulfide) groups is 1. The largest absolute Gasteiger partial charge is 0.494 e. The van der Waals surface area contributed by atoms with E-state index < -0.39 is 18.0 Å². The molecule has 0 radical (unpaired) electrons. The van der Waals surface area contributed by atoms with Crippen LogP contribution in [-0.4, -0.2) is 45.6 Å². The number of carbonyl (C=O) groups is 2. The molecule has 8 nitrogen and oxygen atoms in total. The smallest absolute Gasteiger partial charge is 0.338 e. The van der Waals surface area contributed by atoms with Gasteiger partial charge >= 0.3 is 5.97 Å². The van der Waals surface area contributed by atoms with Crippen molar-refractivity contribution in [1.82, 2.24) is 14.8 Å². The first-order chi connectivity index (χ1) is 14.9. The van der Waals surface area contributed by atoms with Gasteiger partial charge in [0.1, 0.15) is 11.6 Å². The molecule has 2 aromatic carbocycles. The van der Waals surface area contributed by atoms with E-state index in [0.29, 0.717) is 17.9 Å². The average molecular weight is 441 g/mol. The number of aryl methyl sites for hydroxylation is 1. The van der Waals surface area contributed by atoms with Crippen molar-refractivity contribution in [2.24, 2.45) is 0 Å². The fourth-order valence-corrected chi connectivity index (χ4v) is 3.39. The Balaban J connectivity index is 1.61. The zero-order valence-corrected chi connectivity index (χ0v) is 18.6. The van der Waals surface area contributed by atoms with Gasteiger partial charge in [-0.2, -0.15) is 0 Å². The van der Waals surface area contributed by atoms with E-state index in [1.54, 1.807) is 48.5 Å². The molecular formula is C22H24N4O4S. The van der Waals surface area contributed by atoms with Crippen LogP contribution in [-0.2, 0) is 9.53 Å². The molecule has 1 atom stereocenters. The van der Waals surface area contributed by atoms with Crippen molar-refractivity contribution in [1.29, 1.82) is 0 Å². The SMILES string of the molecule is CCOc1ccc(NC(=O)C(C)OC(=O)c2ccc(-n3c(C)nnc3SC)cc2)cc1. The number of benzene rings is 2. The van der Waals surface area contributed by atoms with Crippen molar-refractivity contribution >= 4 is 29.3 Å². The molecule has 1 unspecified atom stereocenters. The second kappa shape index (κ2) is 10.1. The number of amides is 1. The highest BCUT2D eigenvalue weighted by Crippen LogP contribution is 2.20. The molecule has 162 valence electrons. The molecule has 0 fully saturated rings. The van der Waals surface area contributed by atoms with E-state index in [1.165, 1.54) is 18.7 Å². The predicted molar refractivity (Wildman–Crippen MR) is 119 cm³/mol. The number of esters is 1. The molecule has 1 amide bonds. The van der Waals surface area contributed by atoms with Gasteiger partial charge in [-0.1, -0.05) is 11.8 Å². The molecule has 9 heteroatoms. The molecule has 0 saturated carbocycles. The number of hydrogen-bond acceptors (Lipinski definition) is 7. The van der Waals surface area contributed by atoms with E-state index in [0.717, 1.165) is 22.4 Å². The molecule has 0 aliphatic rings. The van der Waals surface area contributed by atoms with E-state index in [9.17, 15) is 9.59 Å². The minimum atomic E-state index is -0.957. The van der Waals surface area contributed by atoms with Crippen LogP contribution in [0.25, 0.3) is 5.69 Å². The van der Waals surface area contributed by atoms with E-state index in [2.05, 4.69) is 15.5 Å². The Kier molecular flexibility index (Phi) is 7.30. The second-order valence-corrected chi connectivity index (χ2v) is 7.38. The molecule has 1 heterocycles. The van der Waals surface area contributed by atoms with Crippen LogP contribution in [0, 0.1) is 6.92 Å². The highest BCUT2D eigenvalue weighted by Gasteiger charge is 2.19. The first-order valence-corrected chi connectivity index (χ1v) is 11.0. The molecule has 3 rings (SSSR count). The fourth-order valence-electron chi connectivity index (χ4n) is 2.85. The Morgan fingerprint density at radius 1 is 1.10 bits per heavy atom. The number of ether oxygens (including phenoxy) is 2. The van der Waals surface area contributed by atoms with Gasteiger partial charge in [0.05, 0.1) is 12.2 Å². The van der Waals surface area contributed by atoms with E-state index in [1.807, 2.05) is 24.7 Å². The lowest BCUT2D eigenvalue weighted by Gasteiger charge is -2.14. The van der Waals surface area contributed by atoms with Crippen molar-refractivity contribution in [3.05, 3.63) is 59.9 Å². The van der Waals surface area contributed by atoms with Gasteiger partial charge in [-0.3, -0.25) is 9.36 Å². The summed E-state index contributed by atoms with van der Waals surface area (Å²) in [5, 5.41) is 11.7. The Hall–Kier alpha value is -3.33. The van der Waals surface area contributed by atoms with Gasteiger partial charge in [-0.05, 0) is 75.6 Å². The molecule has 1 aromatic heterocycles. The summed E-state index contributed by atoms with van der Waals surface area (Å²) in [4.78, 5) is 24.8. The van der Waals surface area contributed by atoms with Crippen molar-refractivity contribution in [3.63, 3.8) is 0 Å². The van der Waals surface area contributed by atoms with Gasteiger partial charge in [-0.15, -0.1) is 10.2 Å². The van der Waals surface area contributed by atoms with E-state index in [-0.39, 0.29) is 0 Å². The molecule has 0 aliphatic carbocycles. The van der Waals surface area contributed by atoms with Crippen LogP contribution >= 0.6 is 11.8 Å². The normalized spacial score (nSPS) is 11.6. The maximum Gasteiger partial charge on any atom is 0.338 e. The Bertz CT molecular complexity index is 1050. The summed E-state index contributed by atoms with van der Waals surface area (Å²) < 4.78 is 12.6. The summed E-state index contributed by atoms with van der Waals surface area (Å²) in [7, 11) is 0. The number of aromatic nitrogens is 3. The predicted octanol–water partition coefficient (Wildman–Crippen LogP) is 3.88. The lowest BCUT2D eigenvalue weighted by molar-refractivity contribution is -0.123. The minimum absolute atomic E-state index is 0.348. The molecule has 31 heavy (non-hydrogen) atoms. The van der Waals surface area contributed by atoms with Crippen LogP contribution in [0.5, 0.6) is 5.75 Å². The summed E-state index contributed by atoms with van der Waals surface area (Å²) in [6, 6.07) is 13.9. The number of anilines is 1. The van der Waals surface area contributed by atoms with Crippen LogP contribution in [0.1, 0.15) is 30.0 Å². The van der Waals surface area contributed by atoms with E-state index >= 15 is 0 Å². The van der Waals surface area contributed by atoms with Gasteiger partial charge in [-0.25, -0.2) is 4.79 Å². The van der Waals surface area contributed by atoms with Gasteiger partial charge in [0.25, 0.3) is 5.91 Å². The lowest BCUT2D eigenvalue weighted by atomic mass is 10.2. The molecule has 1 N–H and O–H groups in total. The monoisotopic (exact) mass is 440 g/mol. The first kappa shape index (κ1) is 22.4. The summed E-state index contributed by atoms with van der Waals surface area (Å²) in [6.45, 7) is 5.86. The summed E-state index contributed by atoms with van der Waals surface area (Å²) in [5.74, 6) is 0.472. The highest BCUT2D eigenvalue weighted by atomic mass is 32.2. The van der Waals surface area contributed by atoms with Crippen LogP contribution in [0.15, 0.2) is 53.7 Å². The van der Waals surface area contributed by atoms with Crippen molar-refractivity contribution < 1.29 is 19.1 Å². The van der Waals surface area contributed by atoms with Gasteiger partial charge in [0, 0.05) is 11.4 Å². The van der Waals surface area contributed by atoms with Crippen molar-refractivity contribution in [3.8, 4) is 11.4 Å². The molecule has 0 aliphatic heterocycles. The molecule has 0 saturated heterocycles. The van der Waals surface area contributed by atoms with Crippen molar-refractivity contribution in [2.75, 3.05) is 18.2 Å². The van der Waals surface area contributed by atoms with Crippen LogP contribution in [0.3, 0.4) is 0 Å². The third kappa shape index (κ3) is 5.43. The lowest BCUT2D eigenvalue weighted by Crippen LogP contribution is -2.30. The number of nitrogens with one attached hydrogen (secondary N) is 1. The van der Waals surface area contributed by atoms with Gasteiger partial charge < -0.3 is 14.8 Å². The highest BCUT2D eigenvalue weighted by molar-refractivity contribution is 7.98. The first-order valence-electron chi connectivity index (χ1n) is 9.74. The summed E-state index contributed by atoms with van der Waals surface area (Å²) in [6.07, 6.45) is 0.966. The topological polar surface area (TPSA) is 95.3 Å². The number of rotatable bonds is 8. The van der Waals surface area contributed by atoms with Gasteiger partial charge in [0.2, 0.25) is 0 Å². The van der Waals surface area contributed by atoms with Crippen LogP contribution in [0.2, 0.25) is 0 Å². The van der Waals surface area contributed by atoms with Crippen molar-refractivity contribution in [2.45, 2.75) is 32.0 Å². The van der Waals surface area contributed by atoms with Crippen LogP contribution in [0.4, 0.5) is 5.69 Å². The Morgan fingerprint density at radius 2 is 1.77 bits per heavy atom. The third-order valence-electron chi connectivity index (χ3n) is 4.42. The minimum Gasteiger partial charge on any atom is -0.494 e. The molecule has 0 spiro atoms. The number of carbonyl (C=O) groups excluding carboxylic acids is 2. The molecule has 0 bridgehead atoms. The number of hydrogen-bond donors (Lipinski definition) is 1. The maximum absolute atomic E-state index is 12.5. The Morgan fingerprint density at radius 3 is 2.39 bits per heavy atom. The summed E-state index contributed by atoms with van der Waals surface area (Å²) >= 11 is 1.48. The summed E-state index contributed by atoms with van der Waals surface area (Å²) in [5.41, 5.74) is 1.78.